The van der Waals surface area contributed by atoms with Crippen molar-refractivity contribution < 1.29 is 27.1 Å². The van der Waals surface area contributed by atoms with E-state index >= 15 is 0 Å². The van der Waals surface area contributed by atoms with Gasteiger partial charge >= 0.3 is 13.4 Å². The predicted molar refractivity (Wildman–Crippen MR) is 131 cm³/mol. The lowest BCUT2D eigenvalue weighted by Crippen LogP contribution is -1.96. The zero-order valence-corrected chi connectivity index (χ0v) is 22.4. The Kier molecular flexibility index (Phi) is 13.4. The van der Waals surface area contributed by atoms with Crippen LogP contribution in [-0.2, 0) is 41.7 Å². The van der Waals surface area contributed by atoms with Crippen molar-refractivity contribution in [2.75, 3.05) is 33.8 Å². The van der Waals surface area contributed by atoms with Crippen LogP contribution in [0.25, 0.3) is 0 Å². The van der Waals surface area contributed by atoms with Crippen LogP contribution in [0.3, 0.4) is 0 Å². The van der Waals surface area contributed by atoms with Gasteiger partial charge in [-0.25, -0.2) is 0 Å². The summed E-state index contributed by atoms with van der Waals surface area (Å²) in [4.78, 5) is 2.08. The average Bonchev–Trinajstić information content (AvgIpc) is 2.77. The summed E-state index contributed by atoms with van der Waals surface area (Å²) in [5, 5.41) is 0.194. The highest BCUT2D eigenvalue weighted by Gasteiger charge is 2.19. The molecule has 0 aliphatic carbocycles. The number of alkyl halides is 2. The summed E-state index contributed by atoms with van der Waals surface area (Å²) in [5.74, 6) is 1.19. The van der Waals surface area contributed by atoms with Crippen LogP contribution in [0, 0.1) is 0 Å². The molecule has 6 nitrogen and oxygen atoms in total. The van der Waals surface area contributed by atoms with Gasteiger partial charge in [-0.15, -0.1) is 23.2 Å². The molecule has 0 saturated carbocycles. The first-order valence-corrected chi connectivity index (χ1v) is 15.1. The largest absolute Gasteiger partial charge is 0.424 e. The molecule has 0 aliphatic rings. The Labute approximate surface area is 201 Å². The Morgan fingerprint density at radius 1 is 0.667 bits per heavy atom. The van der Waals surface area contributed by atoms with Crippen LogP contribution in [0.5, 0.6) is 11.5 Å². The van der Waals surface area contributed by atoms with E-state index in [4.69, 9.17) is 74.0 Å². The first-order valence-electron chi connectivity index (χ1n) is 8.09. The molecular formula is C17H22Cl2O6P2S3. The second-order valence-corrected chi connectivity index (χ2v) is 13.2. The van der Waals surface area contributed by atoms with Gasteiger partial charge in [0.15, 0.2) is 0 Å². The quantitative estimate of drug-likeness (QED) is 0.228. The van der Waals surface area contributed by atoms with Gasteiger partial charge in [0.05, 0.1) is 5.34 Å². The Balaban J connectivity index is 0.00000141. The van der Waals surface area contributed by atoms with E-state index in [9.17, 15) is 0 Å². The van der Waals surface area contributed by atoms with Gasteiger partial charge in [0.25, 0.3) is 0 Å². The molecule has 0 N–H and O–H groups in total. The summed E-state index contributed by atoms with van der Waals surface area (Å²) in [7, 11) is 5.89. The molecule has 0 aliphatic heterocycles. The fourth-order valence-electron chi connectivity index (χ4n) is 1.83. The SMILES string of the molecule is COP(=S)(OC)Oc1ccc(Sc2ccc(OP(=S)(OC)OC)cc2)cc1.ClCCl. The van der Waals surface area contributed by atoms with Gasteiger partial charge in [0.2, 0.25) is 0 Å². The number of benzene rings is 2. The van der Waals surface area contributed by atoms with Crippen LogP contribution in [0.4, 0.5) is 0 Å². The minimum atomic E-state index is -2.73. The van der Waals surface area contributed by atoms with E-state index in [1.165, 1.54) is 28.4 Å². The zero-order chi connectivity index (χ0) is 22.6. The van der Waals surface area contributed by atoms with Gasteiger partial charge in [0, 0.05) is 61.8 Å². The van der Waals surface area contributed by atoms with E-state index < -0.39 is 13.4 Å². The molecule has 0 atom stereocenters. The number of hydrogen-bond donors (Lipinski definition) is 0. The number of rotatable bonds is 10. The predicted octanol–water partition coefficient (Wildman–Crippen LogP) is 7.05. The molecule has 0 radical (unpaired) electrons. The maximum atomic E-state index is 5.61. The Bertz CT molecular complexity index is 770. The van der Waals surface area contributed by atoms with Crippen LogP contribution < -0.4 is 9.05 Å². The lowest BCUT2D eigenvalue weighted by atomic mass is 10.3. The van der Waals surface area contributed by atoms with Crippen molar-refractivity contribution in [3.8, 4) is 11.5 Å². The Hall–Kier alpha value is 0.110. The lowest BCUT2D eigenvalue weighted by Gasteiger charge is -2.18. The van der Waals surface area contributed by atoms with E-state index in [1.807, 2.05) is 48.5 Å². The summed E-state index contributed by atoms with van der Waals surface area (Å²) in [6.45, 7) is -5.45. The molecule has 2 rings (SSSR count). The molecule has 168 valence electrons. The Morgan fingerprint density at radius 2 is 0.933 bits per heavy atom. The van der Waals surface area contributed by atoms with Crippen molar-refractivity contribution >= 4 is 72.0 Å². The topological polar surface area (TPSA) is 55.4 Å². The fourth-order valence-corrected chi connectivity index (χ4v) is 4.52. The van der Waals surface area contributed by atoms with Gasteiger partial charge in [-0.3, -0.25) is 0 Å². The summed E-state index contributed by atoms with van der Waals surface area (Å²) in [6, 6.07) is 15.0. The second kappa shape index (κ2) is 14.3. The molecule has 0 unspecified atom stereocenters. The van der Waals surface area contributed by atoms with E-state index in [0.29, 0.717) is 11.5 Å². The van der Waals surface area contributed by atoms with Crippen molar-refractivity contribution in [3.63, 3.8) is 0 Å². The molecule has 2 aromatic carbocycles. The van der Waals surface area contributed by atoms with Crippen LogP contribution in [-0.4, -0.2) is 33.8 Å². The van der Waals surface area contributed by atoms with Crippen molar-refractivity contribution in [3.05, 3.63) is 48.5 Å². The highest BCUT2D eigenvalue weighted by molar-refractivity contribution is 8.08. The van der Waals surface area contributed by atoms with E-state index in [2.05, 4.69) is 0 Å². The maximum absolute atomic E-state index is 5.61. The molecule has 0 saturated heterocycles. The first kappa shape index (κ1) is 28.1. The lowest BCUT2D eigenvalue weighted by molar-refractivity contribution is 0.272. The van der Waals surface area contributed by atoms with Crippen molar-refractivity contribution in [1.82, 2.24) is 0 Å². The van der Waals surface area contributed by atoms with Crippen molar-refractivity contribution in [2.45, 2.75) is 9.79 Å². The highest BCUT2D eigenvalue weighted by Crippen LogP contribution is 2.49. The van der Waals surface area contributed by atoms with E-state index in [1.54, 1.807) is 11.8 Å². The molecule has 0 fully saturated rings. The van der Waals surface area contributed by atoms with Gasteiger partial charge in [-0.1, -0.05) is 11.8 Å². The van der Waals surface area contributed by atoms with Crippen LogP contribution in [0.2, 0.25) is 0 Å². The average molecular weight is 551 g/mol. The number of halogens is 2. The van der Waals surface area contributed by atoms with Crippen LogP contribution >= 0.6 is 48.4 Å². The molecular weight excluding hydrogens is 529 g/mol. The minimum absolute atomic E-state index is 0.194. The molecule has 0 spiro atoms. The summed E-state index contributed by atoms with van der Waals surface area (Å²) < 4.78 is 31.7. The molecule has 0 aromatic heterocycles. The van der Waals surface area contributed by atoms with Crippen molar-refractivity contribution in [1.29, 1.82) is 0 Å². The first-order chi connectivity index (χ1) is 14.3. The summed E-state index contributed by atoms with van der Waals surface area (Å²) in [5.41, 5.74) is 0. The summed E-state index contributed by atoms with van der Waals surface area (Å²) in [6.07, 6.45) is 0. The van der Waals surface area contributed by atoms with Gasteiger partial charge in [-0.05, 0) is 48.5 Å². The second-order valence-electron chi connectivity index (χ2n) is 4.95. The van der Waals surface area contributed by atoms with Crippen molar-refractivity contribution in [2.24, 2.45) is 0 Å². The van der Waals surface area contributed by atoms with E-state index in [0.717, 1.165) is 9.79 Å². The Morgan fingerprint density at radius 3 is 1.17 bits per heavy atom. The van der Waals surface area contributed by atoms with Gasteiger partial charge < -0.3 is 27.1 Å². The zero-order valence-electron chi connectivity index (χ0n) is 16.7. The summed E-state index contributed by atoms with van der Waals surface area (Å²) >= 11 is 21.5. The third kappa shape index (κ3) is 9.72. The maximum Gasteiger partial charge on any atom is 0.380 e. The molecule has 2 aromatic rings. The molecule has 30 heavy (non-hydrogen) atoms. The third-order valence-corrected chi connectivity index (χ3v) is 9.12. The normalized spacial score (nSPS) is 11.4. The fraction of sp³-hybridized carbons (Fsp3) is 0.294. The van der Waals surface area contributed by atoms with Gasteiger partial charge in [-0.2, -0.15) is 0 Å². The third-order valence-electron chi connectivity index (χ3n) is 3.21. The van der Waals surface area contributed by atoms with Gasteiger partial charge in [0.1, 0.15) is 11.5 Å². The standard InChI is InChI=1S/C16H20O6P2S3.CH2Cl2/c1-17-23(25,18-2)21-13-5-9-15(10-6-13)27-16-11-7-14(8-12-16)22-24(26,19-3)20-4;2-1-3/h5-12H,1-4H3;1H2. The molecule has 0 bridgehead atoms. The van der Waals surface area contributed by atoms with Crippen LogP contribution in [0.15, 0.2) is 58.3 Å². The molecule has 0 heterocycles. The highest BCUT2D eigenvalue weighted by atomic mass is 35.5. The van der Waals surface area contributed by atoms with E-state index in [-0.39, 0.29) is 5.34 Å². The number of hydrogen-bond acceptors (Lipinski definition) is 9. The molecule has 0 amide bonds. The molecule has 13 heteroatoms. The monoisotopic (exact) mass is 550 g/mol. The smallest absolute Gasteiger partial charge is 0.380 e. The van der Waals surface area contributed by atoms with Crippen LogP contribution in [0.1, 0.15) is 0 Å². The minimum Gasteiger partial charge on any atom is -0.424 e.